The Hall–Kier alpha value is -3.31. The van der Waals surface area contributed by atoms with Crippen molar-refractivity contribution in [3.8, 4) is 0 Å². The molecular weight excluding hydrogens is 434 g/mol. The Morgan fingerprint density at radius 1 is 1.24 bits per heavy atom. The highest BCUT2D eigenvalue weighted by Crippen LogP contribution is 2.41. The third-order valence-corrected chi connectivity index (χ3v) is 7.57. The summed E-state index contributed by atoms with van der Waals surface area (Å²) >= 11 is 0. The molecule has 0 bridgehead atoms. The van der Waals surface area contributed by atoms with E-state index in [1.54, 1.807) is 17.2 Å². The second-order valence-electron chi connectivity index (χ2n) is 9.48. The molecule has 0 aliphatic carbocycles. The van der Waals surface area contributed by atoms with Crippen molar-refractivity contribution in [3.05, 3.63) is 35.4 Å². The molecule has 2 aromatic rings. The van der Waals surface area contributed by atoms with Crippen LogP contribution in [0.3, 0.4) is 0 Å². The van der Waals surface area contributed by atoms with Crippen molar-refractivity contribution in [2.45, 2.75) is 44.8 Å². The molecule has 3 aliphatic heterocycles. The predicted octanol–water partition coefficient (Wildman–Crippen LogP) is 0.663. The van der Waals surface area contributed by atoms with E-state index in [0.717, 1.165) is 43.6 Å². The van der Waals surface area contributed by atoms with Gasteiger partial charge in [0.05, 0.1) is 18.9 Å². The van der Waals surface area contributed by atoms with E-state index in [4.69, 9.17) is 27.3 Å². The van der Waals surface area contributed by atoms with Crippen LogP contribution >= 0.6 is 0 Å². The number of ether oxygens (including phenoxy) is 1. The van der Waals surface area contributed by atoms with Crippen LogP contribution in [0.25, 0.3) is 0 Å². The van der Waals surface area contributed by atoms with E-state index >= 15 is 0 Å². The summed E-state index contributed by atoms with van der Waals surface area (Å²) in [6.07, 6.45) is 6.59. The molecule has 2 saturated heterocycles. The van der Waals surface area contributed by atoms with Crippen molar-refractivity contribution in [2.75, 3.05) is 41.8 Å². The van der Waals surface area contributed by atoms with E-state index in [-0.39, 0.29) is 34.9 Å². The summed E-state index contributed by atoms with van der Waals surface area (Å²) in [5.74, 6) is 0.467. The fraction of sp³-hybridized carbons (Fsp3) is 0.522. The van der Waals surface area contributed by atoms with Crippen LogP contribution in [0.1, 0.15) is 47.9 Å². The minimum atomic E-state index is -0.572. The summed E-state index contributed by atoms with van der Waals surface area (Å²) in [7, 11) is 0. The molecule has 34 heavy (non-hydrogen) atoms. The summed E-state index contributed by atoms with van der Waals surface area (Å²) in [4.78, 5) is 29.0. The van der Waals surface area contributed by atoms with Gasteiger partial charge in [0.25, 0.3) is 5.91 Å². The molecule has 180 valence electrons. The molecule has 2 atom stereocenters. The number of hydrogen-bond acceptors (Lipinski definition) is 9. The first kappa shape index (κ1) is 22.5. The molecule has 0 saturated carbocycles. The number of nitrogens with zero attached hydrogens (tertiary/aromatic N) is 5. The van der Waals surface area contributed by atoms with Crippen LogP contribution in [-0.2, 0) is 11.2 Å². The number of anilines is 3. The van der Waals surface area contributed by atoms with E-state index in [1.165, 1.54) is 6.20 Å². The highest BCUT2D eigenvalue weighted by atomic mass is 16.5. The minimum Gasteiger partial charge on any atom is -0.382 e. The second-order valence-corrected chi connectivity index (χ2v) is 9.48. The molecule has 2 aromatic heterocycles. The van der Waals surface area contributed by atoms with Gasteiger partial charge in [0.15, 0.2) is 11.7 Å². The van der Waals surface area contributed by atoms with Crippen molar-refractivity contribution in [1.29, 1.82) is 5.41 Å². The Labute approximate surface area is 198 Å². The van der Waals surface area contributed by atoms with Gasteiger partial charge in [-0.25, -0.2) is 9.97 Å². The quantitative estimate of drug-likeness (QED) is 0.375. The van der Waals surface area contributed by atoms with Gasteiger partial charge in [0.2, 0.25) is 0 Å². The van der Waals surface area contributed by atoms with Crippen LogP contribution in [0.4, 0.5) is 17.3 Å². The fourth-order valence-electron chi connectivity index (χ4n) is 5.47. The molecule has 0 radical (unpaired) electrons. The number of nitrogens with two attached hydrogens (primary N) is 3. The van der Waals surface area contributed by atoms with E-state index in [1.807, 2.05) is 6.92 Å². The van der Waals surface area contributed by atoms with Crippen LogP contribution in [0, 0.1) is 10.8 Å². The summed E-state index contributed by atoms with van der Waals surface area (Å²) in [6.45, 7) is 4.95. The lowest BCUT2D eigenvalue weighted by molar-refractivity contribution is 0.0974. The van der Waals surface area contributed by atoms with E-state index in [2.05, 4.69) is 19.9 Å². The molecule has 1 spiro atoms. The van der Waals surface area contributed by atoms with Gasteiger partial charge < -0.3 is 31.7 Å². The SMILES string of the molecule is C[C@@H]1OCC2(CCN(c3cnc(C(=N)N4CCCc5c4ccnc5C(N)=O)c(N)n3)CC2)[C@@H]1N. The fourth-order valence-corrected chi connectivity index (χ4v) is 5.47. The third-order valence-electron chi connectivity index (χ3n) is 7.57. The number of amides is 1. The predicted molar refractivity (Wildman–Crippen MR) is 129 cm³/mol. The number of piperidine rings is 1. The molecule has 0 unspecified atom stereocenters. The third kappa shape index (κ3) is 3.64. The topological polar surface area (TPSA) is 173 Å². The van der Waals surface area contributed by atoms with Gasteiger partial charge in [-0.1, -0.05) is 0 Å². The van der Waals surface area contributed by atoms with Crippen molar-refractivity contribution in [2.24, 2.45) is 16.9 Å². The maximum atomic E-state index is 11.8. The number of primary amides is 1. The first-order valence-electron chi connectivity index (χ1n) is 11.7. The number of rotatable bonds is 3. The average Bonchev–Trinajstić information content (AvgIpc) is 3.11. The Balaban J connectivity index is 1.34. The normalized spacial score (nSPS) is 23.7. The number of pyridine rings is 1. The van der Waals surface area contributed by atoms with Crippen LogP contribution in [0.15, 0.2) is 18.5 Å². The first-order chi connectivity index (χ1) is 16.3. The van der Waals surface area contributed by atoms with Gasteiger partial charge >= 0.3 is 0 Å². The van der Waals surface area contributed by atoms with Crippen LogP contribution < -0.4 is 27.0 Å². The number of carbonyl (C=O) groups excluding carboxylic acids is 1. The van der Waals surface area contributed by atoms with Crippen LogP contribution in [0.2, 0.25) is 0 Å². The van der Waals surface area contributed by atoms with Gasteiger partial charge in [-0.05, 0) is 38.7 Å². The number of amidine groups is 1. The lowest BCUT2D eigenvalue weighted by Gasteiger charge is -2.41. The number of hydrogen-bond donors (Lipinski definition) is 4. The van der Waals surface area contributed by atoms with Gasteiger partial charge in [-0.2, -0.15) is 0 Å². The number of carbonyl (C=O) groups is 1. The molecular formula is C23H31N9O2. The molecule has 5 rings (SSSR count). The Morgan fingerprint density at radius 2 is 2.00 bits per heavy atom. The van der Waals surface area contributed by atoms with Gasteiger partial charge in [-0.3, -0.25) is 15.2 Å². The number of nitrogen functional groups attached to an aromatic ring is 1. The Bertz CT molecular complexity index is 1130. The van der Waals surface area contributed by atoms with Gasteiger partial charge in [0.1, 0.15) is 17.2 Å². The summed E-state index contributed by atoms with van der Waals surface area (Å²) in [6, 6.07) is 1.83. The summed E-state index contributed by atoms with van der Waals surface area (Å²) in [5.41, 5.74) is 20.3. The Kier molecular flexibility index (Phi) is 5.61. The van der Waals surface area contributed by atoms with E-state index < -0.39 is 5.91 Å². The maximum absolute atomic E-state index is 11.8. The maximum Gasteiger partial charge on any atom is 0.267 e. The number of nitrogens with one attached hydrogen (secondary N) is 1. The molecule has 0 aromatic carbocycles. The zero-order valence-electron chi connectivity index (χ0n) is 19.3. The molecule has 11 heteroatoms. The van der Waals surface area contributed by atoms with Crippen molar-refractivity contribution in [1.82, 2.24) is 15.0 Å². The minimum absolute atomic E-state index is 0.0250. The lowest BCUT2D eigenvalue weighted by Crippen LogP contribution is -2.50. The Morgan fingerprint density at radius 3 is 2.65 bits per heavy atom. The van der Waals surface area contributed by atoms with Gasteiger partial charge in [0, 0.05) is 48.5 Å². The van der Waals surface area contributed by atoms with Crippen molar-refractivity contribution < 1.29 is 9.53 Å². The van der Waals surface area contributed by atoms with E-state index in [0.29, 0.717) is 31.1 Å². The average molecular weight is 466 g/mol. The monoisotopic (exact) mass is 465 g/mol. The zero-order chi connectivity index (χ0) is 24.0. The van der Waals surface area contributed by atoms with Crippen molar-refractivity contribution >= 4 is 29.1 Å². The smallest absolute Gasteiger partial charge is 0.267 e. The standard InChI is InChI=1S/C23H31N9O2/c1-13-19(24)23(12-34-13)5-9-31(10-6-23)16-11-29-18(20(25)30-16)21(26)32-8-2-3-14-15(32)4-7-28-17(14)22(27)33/h4,7,11,13,19,26H,2-3,5-6,8-10,12,24H2,1H3,(H2,25,30)(H2,27,33)/t13-,19+/m0/s1. The van der Waals surface area contributed by atoms with Crippen LogP contribution in [0.5, 0.6) is 0 Å². The lowest BCUT2D eigenvalue weighted by atomic mass is 9.73. The van der Waals surface area contributed by atoms with E-state index in [9.17, 15) is 4.79 Å². The summed E-state index contributed by atoms with van der Waals surface area (Å²) in [5, 5.41) is 8.80. The number of fused-ring (bicyclic) bond motifs is 1. The van der Waals surface area contributed by atoms with Gasteiger partial charge in [-0.15, -0.1) is 0 Å². The molecule has 11 nitrogen and oxygen atoms in total. The van der Waals surface area contributed by atoms with Crippen LogP contribution in [-0.4, -0.2) is 65.1 Å². The highest BCUT2D eigenvalue weighted by molar-refractivity contribution is 6.10. The van der Waals surface area contributed by atoms with Crippen molar-refractivity contribution in [3.63, 3.8) is 0 Å². The zero-order valence-corrected chi connectivity index (χ0v) is 19.3. The molecule has 5 heterocycles. The largest absolute Gasteiger partial charge is 0.382 e. The molecule has 3 aliphatic rings. The first-order valence-corrected chi connectivity index (χ1v) is 11.7. The highest BCUT2D eigenvalue weighted by Gasteiger charge is 2.47. The number of aromatic nitrogens is 3. The molecule has 2 fully saturated rings. The summed E-state index contributed by atoms with van der Waals surface area (Å²) < 4.78 is 5.81. The molecule has 1 amide bonds. The second kappa shape index (κ2) is 8.48. The molecule has 7 N–H and O–H groups in total.